The van der Waals surface area contributed by atoms with Crippen LogP contribution in [0.3, 0.4) is 0 Å². The first kappa shape index (κ1) is 17.3. The van der Waals surface area contributed by atoms with Gasteiger partial charge >= 0.3 is 8.03 Å². The van der Waals surface area contributed by atoms with E-state index in [9.17, 15) is 4.57 Å². The van der Waals surface area contributed by atoms with E-state index in [0.717, 1.165) is 25.7 Å². The van der Waals surface area contributed by atoms with Gasteiger partial charge in [-0.1, -0.05) is 28.9 Å². The Morgan fingerprint density at radius 2 is 1.44 bits per heavy atom. The van der Waals surface area contributed by atoms with E-state index < -0.39 is 8.03 Å². The van der Waals surface area contributed by atoms with Crippen LogP contribution in [0.25, 0.3) is 0 Å². The fourth-order valence-electron chi connectivity index (χ4n) is 1.57. The number of rotatable bonds is 8. The third-order valence-electron chi connectivity index (χ3n) is 2.72. The molecule has 3 heteroatoms. The topological polar surface area (TPSA) is 37.3 Å². The maximum Gasteiger partial charge on any atom is 0.509 e. The molecule has 0 aliphatic carbocycles. The van der Waals surface area contributed by atoms with E-state index in [1.165, 1.54) is 16.7 Å². The van der Waals surface area contributed by atoms with Crippen LogP contribution in [0.1, 0.15) is 53.4 Å². The Bertz CT molecular complexity index is 348. The molecule has 0 aromatic rings. The molecular formula is C15H26O2P+. The Morgan fingerprint density at radius 3 is 1.94 bits per heavy atom. The van der Waals surface area contributed by atoms with Crippen molar-refractivity contribution >= 4 is 8.03 Å². The van der Waals surface area contributed by atoms with Crippen molar-refractivity contribution in [2.45, 2.75) is 53.4 Å². The Morgan fingerprint density at radius 1 is 0.944 bits per heavy atom. The average Bonchev–Trinajstić information content (AvgIpc) is 2.25. The quantitative estimate of drug-likeness (QED) is 0.489. The van der Waals surface area contributed by atoms with Crippen molar-refractivity contribution in [2.75, 3.05) is 6.16 Å². The fourth-order valence-corrected chi connectivity index (χ4v) is 2.04. The van der Waals surface area contributed by atoms with Crippen molar-refractivity contribution in [2.24, 2.45) is 0 Å². The third kappa shape index (κ3) is 11.8. The highest BCUT2D eigenvalue weighted by molar-refractivity contribution is 7.38. The molecule has 0 aromatic heterocycles. The summed E-state index contributed by atoms with van der Waals surface area (Å²) in [6.45, 7) is 8.44. The molecule has 1 N–H and O–H groups in total. The van der Waals surface area contributed by atoms with Crippen molar-refractivity contribution in [1.29, 1.82) is 0 Å². The Kier molecular flexibility index (Phi) is 9.82. The molecule has 0 radical (unpaired) electrons. The van der Waals surface area contributed by atoms with Crippen LogP contribution in [0.4, 0.5) is 0 Å². The highest BCUT2D eigenvalue weighted by Crippen LogP contribution is 2.16. The molecular weight excluding hydrogens is 243 g/mol. The van der Waals surface area contributed by atoms with Gasteiger partial charge in [-0.05, 0) is 64.0 Å². The lowest BCUT2D eigenvalue weighted by Crippen LogP contribution is -1.81. The van der Waals surface area contributed by atoms with E-state index >= 15 is 0 Å². The highest BCUT2D eigenvalue weighted by atomic mass is 31.1. The second kappa shape index (κ2) is 10.2. The minimum Gasteiger partial charge on any atom is -0.160 e. The van der Waals surface area contributed by atoms with Gasteiger partial charge in [0.05, 0.1) is 0 Å². The van der Waals surface area contributed by atoms with E-state index in [1.54, 1.807) is 0 Å². The maximum atomic E-state index is 10.5. The predicted octanol–water partition coefficient (Wildman–Crippen LogP) is 5.14. The molecule has 0 aliphatic heterocycles. The van der Waals surface area contributed by atoms with Gasteiger partial charge in [0, 0.05) is 0 Å². The average molecular weight is 269 g/mol. The summed E-state index contributed by atoms with van der Waals surface area (Å²) in [5.74, 6) is 0. The predicted molar refractivity (Wildman–Crippen MR) is 80.1 cm³/mol. The third-order valence-corrected chi connectivity index (χ3v) is 3.21. The lowest BCUT2D eigenvalue weighted by atomic mass is 10.1. The molecule has 1 atom stereocenters. The minimum atomic E-state index is -2.02. The smallest absolute Gasteiger partial charge is 0.160 e. The van der Waals surface area contributed by atoms with Crippen molar-refractivity contribution < 1.29 is 9.46 Å². The Hall–Kier alpha value is -0.720. The van der Waals surface area contributed by atoms with E-state index in [0.29, 0.717) is 0 Å². The van der Waals surface area contributed by atoms with Crippen molar-refractivity contribution in [3.63, 3.8) is 0 Å². The van der Waals surface area contributed by atoms with Crippen molar-refractivity contribution in [3.8, 4) is 0 Å². The zero-order chi connectivity index (χ0) is 14.0. The molecule has 2 nitrogen and oxygen atoms in total. The first-order valence-electron chi connectivity index (χ1n) is 6.50. The molecule has 0 heterocycles. The molecule has 0 saturated heterocycles. The van der Waals surface area contributed by atoms with Crippen LogP contribution in [0.5, 0.6) is 0 Å². The van der Waals surface area contributed by atoms with Gasteiger partial charge in [0.15, 0.2) is 6.16 Å². The minimum absolute atomic E-state index is 0.282. The van der Waals surface area contributed by atoms with Crippen LogP contribution in [-0.4, -0.2) is 11.1 Å². The van der Waals surface area contributed by atoms with E-state index in [1.807, 2.05) is 13.0 Å². The summed E-state index contributed by atoms with van der Waals surface area (Å²) in [7, 11) is -2.02. The highest BCUT2D eigenvalue weighted by Gasteiger charge is 2.05. The van der Waals surface area contributed by atoms with Crippen LogP contribution >= 0.6 is 8.03 Å². The van der Waals surface area contributed by atoms with Crippen molar-refractivity contribution in [3.05, 3.63) is 34.9 Å². The fraction of sp³-hybridized carbons (Fsp3) is 0.600. The molecule has 0 aliphatic rings. The summed E-state index contributed by atoms with van der Waals surface area (Å²) in [5, 5.41) is 0. The SMILES string of the molecule is CC(C)=CCC/C(C)=C/CC/C(C)=C/C[P+](=O)O. The number of hydrogen-bond acceptors (Lipinski definition) is 1. The molecule has 18 heavy (non-hydrogen) atoms. The van der Waals surface area contributed by atoms with E-state index in [4.69, 9.17) is 4.89 Å². The zero-order valence-corrected chi connectivity index (χ0v) is 13.0. The first-order chi connectivity index (χ1) is 8.41. The number of hydrogen-bond donors (Lipinski definition) is 1. The van der Waals surface area contributed by atoms with Crippen LogP contribution in [0.2, 0.25) is 0 Å². The van der Waals surface area contributed by atoms with Crippen molar-refractivity contribution in [1.82, 2.24) is 0 Å². The maximum absolute atomic E-state index is 10.5. The van der Waals surface area contributed by atoms with Gasteiger partial charge in [-0.2, -0.15) is 4.89 Å². The molecule has 0 amide bonds. The molecule has 0 saturated carbocycles. The zero-order valence-electron chi connectivity index (χ0n) is 12.1. The second-order valence-electron chi connectivity index (χ2n) is 4.99. The Balaban J connectivity index is 3.89. The monoisotopic (exact) mass is 269 g/mol. The summed E-state index contributed by atoms with van der Waals surface area (Å²) >= 11 is 0. The molecule has 0 bridgehead atoms. The van der Waals surface area contributed by atoms with Gasteiger partial charge in [0.1, 0.15) is 0 Å². The van der Waals surface area contributed by atoms with Gasteiger partial charge < -0.3 is 0 Å². The van der Waals surface area contributed by atoms with Gasteiger partial charge in [-0.15, -0.1) is 0 Å². The van der Waals surface area contributed by atoms with Crippen LogP contribution in [-0.2, 0) is 4.57 Å². The van der Waals surface area contributed by atoms with Crippen LogP contribution < -0.4 is 0 Å². The molecule has 0 fully saturated rings. The van der Waals surface area contributed by atoms with Gasteiger partial charge in [-0.3, -0.25) is 0 Å². The standard InChI is InChI=1S/C15H25O2P/c1-13(2)7-5-8-14(3)9-6-10-15(4)11-12-18(16)17/h7,9,11H,5-6,8,10,12H2,1-4H3/p+1/b14-9+,15-11+. The van der Waals surface area contributed by atoms with E-state index in [-0.39, 0.29) is 6.16 Å². The van der Waals surface area contributed by atoms with Gasteiger partial charge in [0.2, 0.25) is 0 Å². The lowest BCUT2D eigenvalue weighted by molar-refractivity contribution is 0.506. The Labute approximate surface area is 112 Å². The summed E-state index contributed by atoms with van der Waals surface area (Å²) in [5.41, 5.74) is 3.99. The molecule has 102 valence electrons. The first-order valence-corrected chi connectivity index (χ1v) is 7.89. The normalized spacial score (nSPS) is 13.5. The van der Waals surface area contributed by atoms with Crippen LogP contribution in [0, 0.1) is 0 Å². The molecule has 0 spiro atoms. The summed E-state index contributed by atoms with van der Waals surface area (Å²) in [6, 6.07) is 0. The van der Waals surface area contributed by atoms with Gasteiger partial charge in [0.25, 0.3) is 0 Å². The summed E-state index contributed by atoms with van der Waals surface area (Å²) in [6.07, 6.45) is 10.9. The molecule has 0 rings (SSSR count). The summed E-state index contributed by atoms with van der Waals surface area (Å²) in [4.78, 5) is 8.70. The van der Waals surface area contributed by atoms with Gasteiger partial charge in [-0.25, -0.2) is 0 Å². The molecule has 1 unspecified atom stereocenters. The number of allylic oxidation sites excluding steroid dienone is 6. The lowest BCUT2D eigenvalue weighted by Gasteiger charge is -2.00. The summed E-state index contributed by atoms with van der Waals surface area (Å²) < 4.78 is 10.5. The largest absolute Gasteiger partial charge is 0.509 e. The molecule has 0 aromatic carbocycles. The van der Waals surface area contributed by atoms with E-state index in [2.05, 4.69) is 32.9 Å². The second-order valence-corrected chi connectivity index (χ2v) is 6.06. The van der Waals surface area contributed by atoms with Crippen LogP contribution in [0.15, 0.2) is 34.9 Å².